The predicted molar refractivity (Wildman–Crippen MR) is 61.0 cm³/mol. The van der Waals surface area contributed by atoms with Gasteiger partial charge in [-0.2, -0.15) is 18.2 Å². The number of nitrogens with zero attached hydrogens (tertiary/aromatic N) is 3. The third kappa shape index (κ3) is 2.69. The first-order chi connectivity index (χ1) is 8.79. The largest absolute Gasteiger partial charge is 0.433 e. The molecular formula is C10H12F3N5O. The molecule has 1 atom stereocenters. The number of aromatic nitrogens is 2. The van der Waals surface area contributed by atoms with Crippen LogP contribution in [0, 0.1) is 0 Å². The van der Waals surface area contributed by atoms with Gasteiger partial charge >= 0.3 is 6.18 Å². The second-order valence-electron chi connectivity index (χ2n) is 4.22. The van der Waals surface area contributed by atoms with E-state index in [1.54, 1.807) is 0 Å². The van der Waals surface area contributed by atoms with Gasteiger partial charge in [-0.15, -0.1) is 0 Å². The van der Waals surface area contributed by atoms with E-state index in [0.29, 0.717) is 19.4 Å². The van der Waals surface area contributed by atoms with E-state index >= 15 is 0 Å². The Balaban J connectivity index is 2.40. The summed E-state index contributed by atoms with van der Waals surface area (Å²) in [4.78, 5) is 19.6. The van der Waals surface area contributed by atoms with Gasteiger partial charge in [0.25, 0.3) is 0 Å². The van der Waals surface area contributed by atoms with Crippen LogP contribution in [0.3, 0.4) is 0 Å². The van der Waals surface area contributed by atoms with E-state index in [-0.39, 0.29) is 5.82 Å². The highest BCUT2D eigenvalue weighted by Crippen LogP contribution is 2.32. The van der Waals surface area contributed by atoms with Gasteiger partial charge in [-0.25, -0.2) is 4.98 Å². The van der Waals surface area contributed by atoms with Crippen LogP contribution < -0.4 is 16.4 Å². The van der Waals surface area contributed by atoms with E-state index < -0.39 is 29.8 Å². The third-order valence-electron chi connectivity index (χ3n) is 2.90. The van der Waals surface area contributed by atoms with Gasteiger partial charge in [0, 0.05) is 12.6 Å². The van der Waals surface area contributed by atoms with E-state index in [0.717, 1.165) is 6.07 Å². The second-order valence-corrected chi connectivity index (χ2v) is 4.22. The minimum absolute atomic E-state index is 0.0267. The molecule has 0 spiro atoms. The zero-order chi connectivity index (χ0) is 14.2. The summed E-state index contributed by atoms with van der Waals surface area (Å²) >= 11 is 0. The molecular weight excluding hydrogens is 263 g/mol. The number of amides is 1. The Morgan fingerprint density at radius 3 is 2.68 bits per heavy atom. The zero-order valence-electron chi connectivity index (χ0n) is 9.81. The minimum atomic E-state index is -4.62. The Kier molecular flexibility index (Phi) is 3.21. The molecule has 0 radical (unpaired) electrons. The number of primary amides is 1. The number of nitrogen functional groups attached to an aromatic ring is 1. The highest BCUT2D eigenvalue weighted by atomic mass is 19.4. The summed E-state index contributed by atoms with van der Waals surface area (Å²) in [5.41, 5.74) is 9.36. The van der Waals surface area contributed by atoms with Crippen molar-refractivity contribution in [1.82, 2.24) is 9.97 Å². The number of carbonyl (C=O) groups excluding carboxylic acids is 1. The molecule has 1 fully saturated rings. The molecule has 6 nitrogen and oxygen atoms in total. The molecule has 1 aliphatic rings. The molecule has 0 saturated carbocycles. The van der Waals surface area contributed by atoms with Gasteiger partial charge in [-0.05, 0) is 12.8 Å². The number of alkyl halides is 3. The maximum absolute atomic E-state index is 12.6. The molecule has 0 aromatic carbocycles. The first kappa shape index (κ1) is 13.4. The third-order valence-corrected chi connectivity index (χ3v) is 2.90. The predicted octanol–water partition coefficient (Wildman–Crippen LogP) is 0.532. The first-order valence-corrected chi connectivity index (χ1v) is 5.57. The van der Waals surface area contributed by atoms with Crippen LogP contribution >= 0.6 is 0 Å². The van der Waals surface area contributed by atoms with E-state index in [9.17, 15) is 18.0 Å². The number of anilines is 2. The average molecular weight is 275 g/mol. The molecule has 0 aliphatic carbocycles. The fraction of sp³-hybridized carbons (Fsp3) is 0.500. The van der Waals surface area contributed by atoms with Crippen molar-refractivity contribution < 1.29 is 18.0 Å². The molecule has 0 bridgehead atoms. The fourth-order valence-electron chi connectivity index (χ4n) is 2.08. The van der Waals surface area contributed by atoms with Gasteiger partial charge in [0.2, 0.25) is 11.9 Å². The fourth-order valence-corrected chi connectivity index (χ4v) is 2.08. The summed E-state index contributed by atoms with van der Waals surface area (Å²) in [7, 11) is 0. The highest BCUT2D eigenvalue weighted by Gasteiger charge is 2.36. The normalized spacial score (nSPS) is 19.7. The van der Waals surface area contributed by atoms with Crippen LogP contribution in [0.2, 0.25) is 0 Å². The Labute approximate surface area is 106 Å². The maximum atomic E-state index is 12.6. The van der Waals surface area contributed by atoms with Crippen LogP contribution in [0.4, 0.5) is 24.9 Å². The van der Waals surface area contributed by atoms with E-state index in [1.165, 1.54) is 4.90 Å². The average Bonchev–Trinajstić information content (AvgIpc) is 2.75. The standard InChI is InChI=1S/C10H12F3N5O/c11-10(12,13)6-4-7(17-9(15)16-6)18-3-1-2-5(18)8(14)19/h4-5H,1-3H2,(H2,14,19)(H2,15,16,17). The smallest absolute Gasteiger partial charge is 0.368 e. The molecule has 1 amide bonds. The maximum Gasteiger partial charge on any atom is 0.433 e. The number of hydrogen-bond acceptors (Lipinski definition) is 5. The minimum Gasteiger partial charge on any atom is -0.368 e. The summed E-state index contributed by atoms with van der Waals surface area (Å²) in [6.07, 6.45) is -3.48. The number of halogens is 3. The monoisotopic (exact) mass is 275 g/mol. The van der Waals surface area contributed by atoms with Crippen molar-refractivity contribution in [2.24, 2.45) is 5.73 Å². The van der Waals surface area contributed by atoms with Crippen molar-refractivity contribution in [2.45, 2.75) is 25.1 Å². The Morgan fingerprint density at radius 1 is 1.42 bits per heavy atom. The highest BCUT2D eigenvalue weighted by molar-refractivity contribution is 5.84. The van der Waals surface area contributed by atoms with Crippen LogP contribution in [0.25, 0.3) is 0 Å². The number of rotatable bonds is 2. The van der Waals surface area contributed by atoms with E-state index in [4.69, 9.17) is 11.5 Å². The van der Waals surface area contributed by atoms with Crippen molar-refractivity contribution in [3.05, 3.63) is 11.8 Å². The van der Waals surface area contributed by atoms with Crippen molar-refractivity contribution in [2.75, 3.05) is 17.2 Å². The molecule has 9 heteroatoms. The molecule has 2 heterocycles. The van der Waals surface area contributed by atoms with Gasteiger partial charge in [0.05, 0.1) is 0 Å². The van der Waals surface area contributed by atoms with Gasteiger partial charge in [-0.1, -0.05) is 0 Å². The van der Waals surface area contributed by atoms with Gasteiger partial charge in [0.15, 0.2) is 5.69 Å². The Bertz CT molecular complexity index is 504. The van der Waals surface area contributed by atoms with E-state index in [2.05, 4.69) is 9.97 Å². The van der Waals surface area contributed by atoms with Crippen molar-refractivity contribution >= 4 is 17.7 Å². The summed E-state index contributed by atoms with van der Waals surface area (Å²) in [5, 5.41) is 0. The molecule has 104 valence electrons. The van der Waals surface area contributed by atoms with Crippen LogP contribution in [0.1, 0.15) is 18.5 Å². The summed E-state index contributed by atoms with van der Waals surface area (Å²) < 4.78 is 37.9. The van der Waals surface area contributed by atoms with Crippen LogP contribution in [0.5, 0.6) is 0 Å². The molecule has 1 saturated heterocycles. The summed E-state index contributed by atoms with van der Waals surface area (Å²) in [6, 6.07) is 0.118. The molecule has 1 aromatic heterocycles. The van der Waals surface area contributed by atoms with Crippen molar-refractivity contribution in [3.8, 4) is 0 Å². The van der Waals surface area contributed by atoms with Crippen LogP contribution in [-0.4, -0.2) is 28.5 Å². The van der Waals surface area contributed by atoms with E-state index in [1.807, 2.05) is 0 Å². The quantitative estimate of drug-likeness (QED) is 0.820. The number of hydrogen-bond donors (Lipinski definition) is 2. The molecule has 1 aromatic rings. The topological polar surface area (TPSA) is 98.1 Å². The zero-order valence-corrected chi connectivity index (χ0v) is 9.81. The molecule has 2 rings (SSSR count). The molecule has 1 unspecified atom stereocenters. The summed E-state index contributed by atoms with van der Waals surface area (Å²) in [6.45, 7) is 0.404. The van der Waals surface area contributed by atoms with Crippen LogP contribution in [0.15, 0.2) is 6.07 Å². The van der Waals surface area contributed by atoms with Crippen molar-refractivity contribution in [3.63, 3.8) is 0 Å². The second kappa shape index (κ2) is 4.56. The van der Waals surface area contributed by atoms with Gasteiger partial charge in [0.1, 0.15) is 11.9 Å². The SMILES string of the molecule is NC(=O)C1CCCN1c1cc(C(F)(F)F)nc(N)n1. The van der Waals surface area contributed by atoms with Gasteiger partial charge in [-0.3, -0.25) is 4.79 Å². The summed E-state index contributed by atoms with van der Waals surface area (Å²) in [5.74, 6) is -1.11. The lowest BCUT2D eigenvalue weighted by Gasteiger charge is -2.23. The van der Waals surface area contributed by atoms with Crippen LogP contribution in [-0.2, 0) is 11.0 Å². The molecule has 4 N–H and O–H groups in total. The molecule has 19 heavy (non-hydrogen) atoms. The Hall–Kier alpha value is -2.06. The van der Waals surface area contributed by atoms with Crippen molar-refractivity contribution in [1.29, 1.82) is 0 Å². The lowest BCUT2D eigenvalue weighted by molar-refractivity contribution is -0.141. The Morgan fingerprint density at radius 2 is 2.11 bits per heavy atom. The number of carbonyl (C=O) groups is 1. The molecule has 1 aliphatic heterocycles. The first-order valence-electron chi connectivity index (χ1n) is 5.57. The van der Waals surface area contributed by atoms with Gasteiger partial charge < -0.3 is 16.4 Å². The lowest BCUT2D eigenvalue weighted by atomic mass is 10.2. The number of nitrogens with two attached hydrogens (primary N) is 2. The lowest BCUT2D eigenvalue weighted by Crippen LogP contribution is -2.41.